The number of aromatic amines is 1. The number of hydrogen-bond donors (Lipinski definition) is 4. The Morgan fingerprint density at radius 1 is 1.30 bits per heavy atom. The van der Waals surface area contributed by atoms with Crippen LogP contribution in [0.25, 0.3) is 10.7 Å². The van der Waals surface area contributed by atoms with Gasteiger partial charge in [-0.15, -0.1) is 16.2 Å². The summed E-state index contributed by atoms with van der Waals surface area (Å²) >= 11 is 7.16. The second-order valence-electron chi connectivity index (χ2n) is 8.35. The van der Waals surface area contributed by atoms with E-state index in [1.807, 2.05) is 16.3 Å². The number of rotatable bonds is 7. The summed E-state index contributed by atoms with van der Waals surface area (Å²) in [6.07, 6.45) is 2.80. The Hall–Kier alpha value is -2.74. The second-order valence-corrected chi connectivity index (χ2v) is 11.7. The zero-order chi connectivity index (χ0) is 23.8. The predicted octanol–water partition coefficient (Wildman–Crippen LogP) is 3.92. The largest absolute Gasteiger partial charge is 0.443 e. The van der Waals surface area contributed by atoms with Gasteiger partial charge >= 0.3 is 6.09 Å². The number of hydrazine groups is 1. The maximum atomic E-state index is 12.5. The minimum atomic E-state index is -4.02. The first kappa shape index (κ1) is 23.4. The summed E-state index contributed by atoms with van der Waals surface area (Å²) in [7, 11) is -4.02. The molecule has 176 valence electrons. The molecule has 33 heavy (non-hydrogen) atoms. The van der Waals surface area contributed by atoms with Crippen LogP contribution in [0.4, 0.5) is 16.4 Å². The van der Waals surface area contributed by atoms with Crippen LogP contribution in [0.5, 0.6) is 0 Å². The molecule has 3 heterocycles. The number of H-pyrrole nitrogens is 1. The van der Waals surface area contributed by atoms with Gasteiger partial charge < -0.3 is 10.1 Å². The van der Waals surface area contributed by atoms with Gasteiger partial charge in [0.15, 0.2) is 17.5 Å². The van der Waals surface area contributed by atoms with Gasteiger partial charge in [-0.05, 0) is 45.7 Å². The maximum absolute atomic E-state index is 12.5. The van der Waals surface area contributed by atoms with E-state index < -0.39 is 21.7 Å². The van der Waals surface area contributed by atoms with Gasteiger partial charge in [0.05, 0.1) is 11.1 Å². The van der Waals surface area contributed by atoms with Crippen molar-refractivity contribution in [1.29, 1.82) is 0 Å². The highest BCUT2D eigenvalue weighted by atomic mass is 35.5. The van der Waals surface area contributed by atoms with E-state index in [2.05, 4.69) is 25.5 Å². The number of amides is 1. The van der Waals surface area contributed by atoms with E-state index in [0.717, 1.165) is 29.9 Å². The summed E-state index contributed by atoms with van der Waals surface area (Å²) in [6, 6.07) is 4.87. The molecule has 0 atom stereocenters. The summed E-state index contributed by atoms with van der Waals surface area (Å²) < 4.78 is 30.0. The van der Waals surface area contributed by atoms with Crippen molar-refractivity contribution >= 4 is 50.7 Å². The minimum Gasteiger partial charge on any atom is -0.443 e. The van der Waals surface area contributed by atoms with Crippen LogP contribution >= 0.6 is 22.9 Å². The SMILES string of the molecule is CC(C)(C)OC(=O)NNS(=O)(=O)c1ccc(-c2ncc(Cl)c(Nc3cc(C4CC4)[nH]n3)n2)s1. The lowest BCUT2D eigenvalue weighted by atomic mass is 10.2. The van der Waals surface area contributed by atoms with E-state index >= 15 is 0 Å². The third kappa shape index (κ3) is 5.99. The molecule has 1 fully saturated rings. The Labute approximate surface area is 199 Å². The Balaban J connectivity index is 1.47. The molecule has 14 heteroatoms. The average Bonchev–Trinajstić information content (AvgIpc) is 3.25. The van der Waals surface area contributed by atoms with Crippen molar-refractivity contribution in [1.82, 2.24) is 30.4 Å². The molecule has 3 aromatic heterocycles. The summed E-state index contributed by atoms with van der Waals surface area (Å²) in [5.74, 6) is 1.73. The first-order valence-corrected chi connectivity index (χ1v) is 12.6. The van der Waals surface area contributed by atoms with Gasteiger partial charge in [-0.1, -0.05) is 11.6 Å². The third-order valence-corrected chi connectivity index (χ3v) is 7.46. The van der Waals surface area contributed by atoms with Crippen molar-refractivity contribution < 1.29 is 17.9 Å². The van der Waals surface area contributed by atoms with Crippen LogP contribution in [0.3, 0.4) is 0 Å². The molecule has 0 aliphatic heterocycles. The monoisotopic (exact) mass is 511 g/mol. The number of carbonyl (C=O) groups is 1. The molecule has 4 rings (SSSR count). The molecule has 1 aliphatic carbocycles. The fourth-order valence-electron chi connectivity index (χ4n) is 2.75. The Bertz CT molecular complexity index is 1280. The van der Waals surface area contributed by atoms with Crippen LogP contribution in [0, 0.1) is 0 Å². The lowest BCUT2D eigenvalue weighted by molar-refractivity contribution is 0.0515. The lowest BCUT2D eigenvalue weighted by Gasteiger charge is -2.19. The molecular weight excluding hydrogens is 490 g/mol. The topological polar surface area (TPSA) is 151 Å². The van der Waals surface area contributed by atoms with Gasteiger partial charge in [0, 0.05) is 17.7 Å². The van der Waals surface area contributed by atoms with E-state index in [1.54, 1.807) is 26.8 Å². The van der Waals surface area contributed by atoms with Gasteiger partial charge in [0.25, 0.3) is 10.0 Å². The van der Waals surface area contributed by atoms with Crippen molar-refractivity contribution in [2.24, 2.45) is 0 Å². The first-order chi connectivity index (χ1) is 15.5. The molecule has 0 radical (unpaired) electrons. The molecule has 1 amide bonds. The highest BCUT2D eigenvalue weighted by Gasteiger charge is 2.26. The molecule has 0 bridgehead atoms. The minimum absolute atomic E-state index is 0.0389. The number of thiophene rings is 1. The summed E-state index contributed by atoms with van der Waals surface area (Å²) in [4.78, 5) is 22.8. The van der Waals surface area contributed by atoms with Gasteiger partial charge in [-0.25, -0.2) is 28.6 Å². The van der Waals surface area contributed by atoms with Crippen LogP contribution in [0.1, 0.15) is 45.2 Å². The third-order valence-electron chi connectivity index (χ3n) is 4.36. The van der Waals surface area contributed by atoms with Gasteiger partial charge in [-0.2, -0.15) is 5.10 Å². The molecule has 11 nitrogen and oxygen atoms in total. The Morgan fingerprint density at radius 3 is 2.76 bits per heavy atom. The van der Waals surface area contributed by atoms with Crippen LogP contribution in [0.2, 0.25) is 5.02 Å². The first-order valence-electron chi connectivity index (χ1n) is 9.96. The van der Waals surface area contributed by atoms with E-state index in [9.17, 15) is 13.2 Å². The van der Waals surface area contributed by atoms with Crippen LogP contribution < -0.4 is 15.6 Å². The zero-order valence-electron chi connectivity index (χ0n) is 18.0. The van der Waals surface area contributed by atoms with Gasteiger partial charge in [0.1, 0.15) is 14.8 Å². The van der Waals surface area contributed by atoms with E-state index in [1.165, 1.54) is 12.3 Å². The number of halogens is 1. The molecule has 0 aromatic carbocycles. The zero-order valence-corrected chi connectivity index (χ0v) is 20.4. The summed E-state index contributed by atoms with van der Waals surface area (Å²) in [5, 5.41) is 10.6. The lowest BCUT2D eigenvalue weighted by Crippen LogP contribution is -2.43. The van der Waals surface area contributed by atoms with Gasteiger partial charge in [-0.3, -0.25) is 5.10 Å². The second kappa shape index (κ2) is 8.89. The number of sulfonamides is 1. The Kier molecular flexibility index (Phi) is 6.31. The molecule has 4 N–H and O–H groups in total. The number of hydrogen-bond acceptors (Lipinski definition) is 9. The van der Waals surface area contributed by atoms with Crippen molar-refractivity contribution in [3.63, 3.8) is 0 Å². The van der Waals surface area contributed by atoms with Crippen molar-refractivity contribution in [3.05, 3.63) is 35.1 Å². The smallest absolute Gasteiger partial charge is 0.423 e. The number of aromatic nitrogens is 4. The van der Waals surface area contributed by atoms with Crippen LogP contribution in [0.15, 0.2) is 28.6 Å². The van der Waals surface area contributed by atoms with Crippen LogP contribution in [-0.4, -0.2) is 40.3 Å². The highest BCUT2D eigenvalue weighted by Crippen LogP contribution is 2.40. The molecule has 0 unspecified atom stereocenters. The number of ether oxygens (including phenoxy) is 1. The fraction of sp³-hybridized carbons (Fsp3) is 0.368. The van der Waals surface area contributed by atoms with E-state index in [-0.39, 0.29) is 10.0 Å². The fourth-order valence-corrected chi connectivity index (χ4v) is 4.96. The normalized spacial score (nSPS) is 14.2. The molecular formula is C19H22ClN7O4S2. The molecule has 0 spiro atoms. The van der Waals surface area contributed by atoms with E-state index in [0.29, 0.717) is 27.5 Å². The quantitative estimate of drug-likeness (QED) is 0.348. The van der Waals surface area contributed by atoms with Crippen LogP contribution in [-0.2, 0) is 14.8 Å². The molecule has 0 saturated heterocycles. The van der Waals surface area contributed by atoms with Crippen molar-refractivity contribution in [3.8, 4) is 10.7 Å². The number of carbonyl (C=O) groups excluding carboxylic acids is 1. The molecule has 1 aliphatic rings. The molecule has 3 aromatic rings. The highest BCUT2D eigenvalue weighted by molar-refractivity contribution is 7.91. The summed E-state index contributed by atoms with van der Waals surface area (Å²) in [6.45, 7) is 5.00. The number of anilines is 2. The van der Waals surface area contributed by atoms with Crippen molar-refractivity contribution in [2.75, 3.05) is 5.32 Å². The number of nitrogens with zero attached hydrogens (tertiary/aromatic N) is 3. The average molecular weight is 512 g/mol. The predicted molar refractivity (Wildman–Crippen MR) is 124 cm³/mol. The molecule has 1 saturated carbocycles. The Morgan fingerprint density at radius 2 is 2.06 bits per heavy atom. The maximum Gasteiger partial charge on any atom is 0.423 e. The van der Waals surface area contributed by atoms with Gasteiger partial charge in [0.2, 0.25) is 0 Å². The van der Waals surface area contributed by atoms with E-state index in [4.69, 9.17) is 16.3 Å². The standard InChI is InChI=1S/C19H22ClN7O4S2/c1-19(2,3)31-18(28)26-27-33(29,30)15-7-6-13(32-15)17-21-9-11(20)16(23-17)22-14-8-12(24-25-14)10-4-5-10/h6-10,27H,4-5H2,1-3H3,(H,26,28)(H2,21,22,23,24,25). The number of nitrogens with one attached hydrogen (secondary N) is 4. The van der Waals surface area contributed by atoms with Crippen molar-refractivity contribution in [2.45, 2.75) is 49.3 Å². The summed E-state index contributed by atoms with van der Waals surface area (Å²) in [5.41, 5.74) is 2.32.